The maximum absolute atomic E-state index is 13.0. The Morgan fingerprint density at radius 2 is 1.59 bits per heavy atom. The number of amides is 3. The van der Waals surface area contributed by atoms with Crippen molar-refractivity contribution in [1.82, 2.24) is 10.2 Å². The highest BCUT2D eigenvalue weighted by Gasteiger charge is 2.36. The fraction of sp³-hybridized carbons (Fsp3) is 0.258. The number of urea groups is 1. The van der Waals surface area contributed by atoms with Gasteiger partial charge in [0, 0.05) is 30.6 Å². The summed E-state index contributed by atoms with van der Waals surface area (Å²) in [7, 11) is 1.53. The Morgan fingerprint density at radius 1 is 0.923 bits per heavy atom. The van der Waals surface area contributed by atoms with Gasteiger partial charge in [0.2, 0.25) is 0 Å². The van der Waals surface area contributed by atoms with E-state index in [-0.39, 0.29) is 25.2 Å². The molecule has 2 N–H and O–H groups in total. The Hall–Kier alpha value is -4.43. The number of esters is 1. The average Bonchev–Trinajstić information content (AvgIpc) is 2.96. The molecule has 8 heteroatoms. The van der Waals surface area contributed by atoms with Gasteiger partial charge in [0.05, 0.1) is 18.2 Å². The Balaban J connectivity index is 1.50. The molecule has 0 saturated carbocycles. The highest BCUT2D eigenvalue weighted by Crippen LogP contribution is 2.32. The molecular formula is C31H33N3O5. The summed E-state index contributed by atoms with van der Waals surface area (Å²) >= 11 is 0. The van der Waals surface area contributed by atoms with Crippen molar-refractivity contribution in [3.8, 4) is 11.1 Å². The molecule has 0 aliphatic carbocycles. The summed E-state index contributed by atoms with van der Waals surface area (Å²) in [6.45, 7) is 4.59. The molecule has 202 valence electrons. The van der Waals surface area contributed by atoms with Crippen LogP contribution in [0.15, 0.2) is 90.1 Å². The Morgan fingerprint density at radius 3 is 2.23 bits per heavy atom. The smallest absolute Gasteiger partial charge is 0.338 e. The summed E-state index contributed by atoms with van der Waals surface area (Å²) < 4.78 is 10.4. The molecule has 0 radical (unpaired) electrons. The van der Waals surface area contributed by atoms with Crippen molar-refractivity contribution in [1.29, 1.82) is 0 Å². The van der Waals surface area contributed by atoms with E-state index in [1.807, 2.05) is 49.4 Å². The molecule has 0 saturated heterocycles. The van der Waals surface area contributed by atoms with Crippen LogP contribution in [-0.2, 0) is 14.3 Å². The molecule has 3 aromatic carbocycles. The van der Waals surface area contributed by atoms with Crippen molar-refractivity contribution < 1.29 is 23.9 Å². The monoisotopic (exact) mass is 527 g/mol. The molecule has 1 atom stereocenters. The van der Waals surface area contributed by atoms with Crippen LogP contribution in [0.4, 0.5) is 10.5 Å². The normalized spacial score (nSPS) is 15.1. The number of anilines is 1. The van der Waals surface area contributed by atoms with E-state index in [2.05, 4.69) is 10.6 Å². The van der Waals surface area contributed by atoms with Gasteiger partial charge < -0.3 is 20.1 Å². The van der Waals surface area contributed by atoms with Gasteiger partial charge in [-0.25, -0.2) is 9.59 Å². The van der Waals surface area contributed by atoms with Gasteiger partial charge in [-0.3, -0.25) is 9.69 Å². The average molecular weight is 528 g/mol. The second kappa shape index (κ2) is 12.9. The van der Waals surface area contributed by atoms with Gasteiger partial charge in [0.15, 0.2) is 0 Å². The number of ether oxygens (including phenoxy) is 2. The van der Waals surface area contributed by atoms with Gasteiger partial charge in [-0.1, -0.05) is 61.5 Å². The minimum absolute atomic E-state index is 0.109. The third kappa shape index (κ3) is 6.53. The van der Waals surface area contributed by atoms with Crippen LogP contribution in [-0.4, -0.2) is 49.7 Å². The van der Waals surface area contributed by atoms with Crippen molar-refractivity contribution in [3.05, 3.63) is 101 Å². The number of allylic oxidation sites excluding steroid dienone is 1. The van der Waals surface area contributed by atoms with Crippen molar-refractivity contribution in [3.63, 3.8) is 0 Å². The standard InChI is InChI=1S/C31H33N3O5/c1-4-18-34-21(2)27(30(36)39-20-19-38-3)28(33-31(34)37)24-14-16-26(17-15-24)32-29(35)25-12-10-23(11-13-25)22-8-6-5-7-9-22/h5-17,28H,4,18-20H2,1-3H3,(H,32,35)(H,33,37). The van der Waals surface area contributed by atoms with Gasteiger partial charge in [-0.15, -0.1) is 0 Å². The number of carbonyl (C=O) groups excluding carboxylic acids is 3. The van der Waals surface area contributed by atoms with Crippen LogP contribution in [0.5, 0.6) is 0 Å². The van der Waals surface area contributed by atoms with E-state index in [4.69, 9.17) is 9.47 Å². The molecule has 0 aromatic heterocycles. The van der Waals surface area contributed by atoms with E-state index in [0.717, 1.165) is 17.5 Å². The Bertz CT molecular complexity index is 1330. The quantitative estimate of drug-likeness (QED) is 0.266. The van der Waals surface area contributed by atoms with Gasteiger partial charge in [-0.05, 0) is 54.3 Å². The molecule has 3 amide bonds. The zero-order valence-corrected chi connectivity index (χ0v) is 22.4. The predicted octanol–water partition coefficient (Wildman–Crippen LogP) is 5.55. The molecule has 1 aliphatic heterocycles. The number of hydrogen-bond acceptors (Lipinski definition) is 5. The Labute approximate surface area is 228 Å². The van der Waals surface area contributed by atoms with Crippen molar-refractivity contribution in [2.75, 3.05) is 32.2 Å². The summed E-state index contributed by atoms with van der Waals surface area (Å²) in [6, 6.07) is 23.5. The van der Waals surface area contributed by atoms with Crippen LogP contribution >= 0.6 is 0 Å². The van der Waals surface area contributed by atoms with Crippen LogP contribution in [0.25, 0.3) is 11.1 Å². The minimum atomic E-state index is -0.684. The van der Waals surface area contributed by atoms with E-state index in [9.17, 15) is 14.4 Å². The molecule has 8 nitrogen and oxygen atoms in total. The molecule has 4 rings (SSSR count). The summed E-state index contributed by atoms with van der Waals surface area (Å²) in [5.74, 6) is -0.742. The first kappa shape index (κ1) is 27.6. The second-order valence-electron chi connectivity index (χ2n) is 9.18. The molecule has 39 heavy (non-hydrogen) atoms. The topological polar surface area (TPSA) is 97.0 Å². The maximum atomic E-state index is 13.0. The number of benzene rings is 3. The fourth-order valence-electron chi connectivity index (χ4n) is 4.49. The predicted molar refractivity (Wildman–Crippen MR) is 150 cm³/mol. The first-order valence-corrected chi connectivity index (χ1v) is 12.9. The molecule has 0 fully saturated rings. The summed E-state index contributed by atoms with van der Waals surface area (Å²) in [4.78, 5) is 40.3. The van der Waals surface area contributed by atoms with Crippen LogP contribution < -0.4 is 10.6 Å². The van der Waals surface area contributed by atoms with Crippen molar-refractivity contribution >= 4 is 23.6 Å². The number of rotatable bonds is 10. The third-order valence-corrected chi connectivity index (χ3v) is 6.54. The molecule has 3 aromatic rings. The van der Waals surface area contributed by atoms with Gasteiger partial charge in [0.25, 0.3) is 5.91 Å². The summed E-state index contributed by atoms with van der Waals surface area (Å²) in [5.41, 5.74) is 4.87. The number of hydrogen-bond donors (Lipinski definition) is 2. The number of methoxy groups -OCH3 is 1. The van der Waals surface area contributed by atoms with Gasteiger partial charge >= 0.3 is 12.0 Å². The molecule has 0 bridgehead atoms. The van der Waals surface area contributed by atoms with Gasteiger partial charge in [-0.2, -0.15) is 0 Å². The van der Waals surface area contributed by atoms with Crippen LogP contribution in [0.3, 0.4) is 0 Å². The van der Waals surface area contributed by atoms with Crippen LogP contribution in [0, 0.1) is 0 Å². The third-order valence-electron chi connectivity index (χ3n) is 6.54. The zero-order chi connectivity index (χ0) is 27.8. The zero-order valence-electron chi connectivity index (χ0n) is 22.4. The van der Waals surface area contributed by atoms with E-state index in [1.54, 1.807) is 48.2 Å². The van der Waals surface area contributed by atoms with Gasteiger partial charge in [0.1, 0.15) is 6.61 Å². The van der Waals surface area contributed by atoms with E-state index >= 15 is 0 Å². The summed E-state index contributed by atoms with van der Waals surface area (Å²) in [5, 5.41) is 5.84. The lowest BCUT2D eigenvalue weighted by Crippen LogP contribution is -2.48. The number of nitrogens with zero attached hydrogens (tertiary/aromatic N) is 1. The highest BCUT2D eigenvalue weighted by molar-refractivity contribution is 6.04. The highest BCUT2D eigenvalue weighted by atomic mass is 16.6. The van der Waals surface area contributed by atoms with Crippen molar-refractivity contribution in [2.24, 2.45) is 0 Å². The molecular weight excluding hydrogens is 494 g/mol. The van der Waals surface area contributed by atoms with Crippen LogP contribution in [0.2, 0.25) is 0 Å². The minimum Gasteiger partial charge on any atom is -0.460 e. The largest absolute Gasteiger partial charge is 0.460 e. The molecule has 1 unspecified atom stereocenters. The maximum Gasteiger partial charge on any atom is 0.338 e. The lowest BCUT2D eigenvalue weighted by Gasteiger charge is -2.35. The number of nitrogens with one attached hydrogen (secondary N) is 2. The number of carbonyl (C=O) groups is 3. The van der Waals surface area contributed by atoms with E-state index < -0.39 is 12.0 Å². The Kier molecular flexibility index (Phi) is 9.12. The van der Waals surface area contributed by atoms with Crippen LogP contribution in [0.1, 0.15) is 42.2 Å². The molecule has 0 spiro atoms. The van der Waals surface area contributed by atoms with Crippen molar-refractivity contribution in [2.45, 2.75) is 26.3 Å². The van der Waals surface area contributed by atoms with E-state index in [0.29, 0.717) is 34.6 Å². The summed E-state index contributed by atoms with van der Waals surface area (Å²) in [6.07, 6.45) is 0.741. The van der Waals surface area contributed by atoms with E-state index in [1.165, 1.54) is 7.11 Å². The molecule has 1 heterocycles. The lowest BCUT2D eigenvalue weighted by molar-refractivity contribution is -0.140. The fourth-order valence-corrected chi connectivity index (χ4v) is 4.49. The lowest BCUT2D eigenvalue weighted by atomic mass is 9.94. The SMILES string of the molecule is CCCN1C(=O)NC(c2ccc(NC(=O)c3ccc(-c4ccccc4)cc3)cc2)C(C(=O)OCCOC)=C1C. The first-order chi connectivity index (χ1) is 18.9. The first-order valence-electron chi connectivity index (χ1n) is 12.9. The second-order valence-corrected chi connectivity index (χ2v) is 9.18. The molecule has 1 aliphatic rings.